The zero-order chi connectivity index (χ0) is 13.7. The molecule has 3 heteroatoms. The molecule has 1 saturated carbocycles. The highest BCUT2D eigenvalue weighted by Gasteiger charge is 2.44. The van der Waals surface area contributed by atoms with E-state index in [1.54, 1.807) is 6.08 Å². The molecule has 19 heavy (non-hydrogen) atoms. The Morgan fingerprint density at radius 3 is 2.63 bits per heavy atom. The minimum absolute atomic E-state index is 0.0371. The largest absolute Gasteiger partial charge is 0.393 e. The average molecular weight is 266 g/mol. The Balaban J connectivity index is 1.89. The molecule has 1 aliphatic heterocycles. The first kappa shape index (κ1) is 14.8. The number of hydrogen-bond acceptors (Lipinski definition) is 3. The second-order valence-electron chi connectivity index (χ2n) is 5.75. The fourth-order valence-corrected chi connectivity index (χ4v) is 3.14. The smallest absolute Gasteiger partial charge is 0.168 e. The predicted molar refractivity (Wildman–Crippen MR) is 75.8 cm³/mol. The van der Waals surface area contributed by atoms with Crippen molar-refractivity contribution in [2.24, 2.45) is 5.92 Å². The molecule has 108 valence electrons. The van der Waals surface area contributed by atoms with Gasteiger partial charge in [-0.1, -0.05) is 18.6 Å². The first-order valence-electron chi connectivity index (χ1n) is 7.42. The van der Waals surface area contributed by atoms with Gasteiger partial charge in [0, 0.05) is 18.8 Å². The molecule has 2 fully saturated rings. The quantitative estimate of drug-likeness (QED) is 0.750. The summed E-state index contributed by atoms with van der Waals surface area (Å²) in [5.74, 6) is -0.190. The van der Waals surface area contributed by atoms with Gasteiger partial charge in [0.1, 0.15) is 0 Å². The highest BCUT2D eigenvalue weighted by Crippen LogP contribution is 2.40. The molecule has 1 unspecified atom stereocenters. The summed E-state index contributed by atoms with van der Waals surface area (Å²) < 4.78 is 12.1. The molecule has 3 atom stereocenters. The molecule has 0 amide bonds. The molecular formula is C16H26O3. The highest BCUT2D eigenvalue weighted by molar-refractivity contribution is 4.93. The molecule has 0 aromatic carbocycles. The molecule has 1 N–H and O–H groups in total. The number of ether oxygens (including phenoxy) is 2. The van der Waals surface area contributed by atoms with Crippen LogP contribution in [0.2, 0.25) is 0 Å². The van der Waals surface area contributed by atoms with Gasteiger partial charge in [0.15, 0.2) is 5.79 Å². The van der Waals surface area contributed by atoms with Crippen molar-refractivity contribution in [2.45, 2.75) is 62.9 Å². The van der Waals surface area contributed by atoms with Crippen LogP contribution in [0, 0.1) is 5.92 Å². The van der Waals surface area contributed by atoms with Gasteiger partial charge in [0.2, 0.25) is 0 Å². The lowest BCUT2D eigenvalue weighted by molar-refractivity contribution is -0.190. The van der Waals surface area contributed by atoms with Crippen molar-refractivity contribution in [3.8, 4) is 0 Å². The van der Waals surface area contributed by atoms with Crippen LogP contribution < -0.4 is 0 Å². The van der Waals surface area contributed by atoms with Crippen LogP contribution in [0.4, 0.5) is 0 Å². The Morgan fingerprint density at radius 2 is 2.00 bits per heavy atom. The number of rotatable bonds is 6. The van der Waals surface area contributed by atoms with Crippen molar-refractivity contribution in [1.29, 1.82) is 0 Å². The summed E-state index contributed by atoms with van der Waals surface area (Å²) in [5, 5.41) is 9.90. The van der Waals surface area contributed by atoms with Crippen LogP contribution in [0.1, 0.15) is 44.9 Å². The Kier molecular flexibility index (Phi) is 5.20. The van der Waals surface area contributed by atoms with Crippen LogP contribution in [-0.2, 0) is 9.47 Å². The molecule has 0 radical (unpaired) electrons. The van der Waals surface area contributed by atoms with Gasteiger partial charge in [-0.25, -0.2) is 0 Å². The van der Waals surface area contributed by atoms with Gasteiger partial charge in [0.05, 0.1) is 18.8 Å². The lowest BCUT2D eigenvalue weighted by Crippen LogP contribution is -2.34. The van der Waals surface area contributed by atoms with Crippen molar-refractivity contribution in [3.05, 3.63) is 25.3 Å². The highest BCUT2D eigenvalue weighted by atomic mass is 16.7. The third-order valence-corrected chi connectivity index (χ3v) is 4.26. The van der Waals surface area contributed by atoms with Gasteiger partial charge < -0.3 is 14.6 Å². The molecule has 1 spiro atoms. The van der Waals surface area contributed by atoms with Crippen molar-refractivity contribution in [1.82, 2.24) is 0 Å². The lowest BCUT2D eigenvalue weighted by atomic mass is 9.93. The predicted octanol–water partition coefficient (Wildman–Crippen LogP) is 3.19. The fourth-order valence-electron chi connectivity index (χ4n) is 3.14. The van der Waals surface area contributed by atoms with E-state index in [0.29, 0.717) is 19.4 Å². The summed E-state index contributed by atoms with van der Waals surface area (Å²) in [7, 11) is 0. The van der Waals surface area contributed by atoms with E-state index < -0.39 is 0 Å². The topological polar surface area (TPSA) is 38.7 Å². The van der Waals surface area contributed by atoms with E-state index in [-0.39, 0.29) is 23.9 Å². The van der Waals surface area contributed by atoms with Crippen LogP contribution >= 0.6 is 0 Å². The normalized spacial score (nSPS) is 29.0. The summed E-state index contributed by atoms with van der Waals surface area (Å²) in [6.45, 7) is 8.16. The maximum Gasteiger partial charge on any atom is 0.168 e. The molecule has 1 heterocycles. The van der Waals surface area contributed by atoms with E-state index in [1.165, 1.54) is 19.3 Å². The van der Waals surface area contributed by atoms with E-state index in [0.717, 1.165) is 12.8 Å². The van der Waals surface area contributed by atoms with Gasteiger partial charge in [-0.2, -0.15) is 0 Å². The summed E-state index contributed by atoms with van der Waals surface area (Å²) in [4.78, 5) is 0. The van der Waals surface area contributed by atoms with Crippen LogP contribution in [0.15, 0.2) is 25.3 Å². The average Bonchev–Trinajstić information content (AvgIpc) is 2.81. The SMILES string of the molecule is C=CCC(O)C[C@@H](C=C)[C@H]1COC2(CCCCC2)O1. The van der Waals surface area contributed by atoms with Crippen molar-refractivity contribution in [3.63, 3.8) is 0 Å². The number of aliphatic hydroxyl groups excluding tert-OH is 1. The van der Waals surface area contributed by atoms with Crippen LogP contribution in [0.3, 0.4) is 0 Å². The molecule has 0 aromatic heterocycles. The van der Waals surface area contributed by atoms with Crippen LogP contribution in [-0.4, -0.2) is 29.7 Å². The second kappa shape index (κ2) is 6.69. The van der Waals surface area contributed by atoms with Crippen molar-refractivity contribution < 1.29 is 14.6 Å². The van der Waals surface area contributed by atoms with E-state index >= 15 is 0 Å². The van der Waals surface area contributed by atoms with Gasteiger partial charge in [-0.15, -0.1) is 13.2 Å². The molecule has 2 rings (SSSR count). The van der Waals surface area contributed by atoms with E-state index in [4.69, 9.17) is 9.47 Å². The lowest BCUT2D eigenvalue weighted by Gasteiger charge is -2.32. The Bertz CT molecular complexity index is 307. The number of hydrogen-bond donors (Lipinski definition) is 1. The summed E-state index contributed by atoms with van der Waals surface area (Å²) >= 11 is 0. The summed E-state index contributed by atoms with van der Waals surface area (Å²) in [6, 6.07) is 0. The van der Waals surface area contributed by atoms with Gasteiger partial charge in [-0.3, -0.25) is 0 Å². The Morgan fingerprint density at radius 1 is 1.26 bits per heavy atom. The van der Waals surface area contributed by atoms with Crippen LogP contribution in [0.5, 0.6) is 0 Å². The molecule has 1 saturated heterocycles. The summed E-state index contributed by atoms with van der Waals surface area (Å²) in [5.41, 5.74) is 0. The molecule has 2 aliphatic rings. The third-order valence-electron chi connectivity index (χ3n) is 4.26. The zero-order valence-electron chi connectivity index (χ0n) is 11.7. The van der Waals surface area contributed by atoms with E-state index in [1.807, 2.05) is 6.08 Å². The molecule has 0 bridgehead atoms. The first-order chi connectivity index (χ1) is 9.19. The number of aliphatic hydroxyl groups is 1. The Labute approximate surface area is 116 Å². The Hall–Kier alpha value is -0.640. The maximum atomic E-state index is 9.90. The molecule has 0 aromatic rings. The zero-order valence-corrected chi connectivity index (χ0v) is 11.7. The molecular weight excluding hydrogens is 240 g/mol. The van der Waals surface area contributed by atoms with E-state index in [2.05, 4.69) is 13.2 Å². The molecule has 1 aliphatic carbocycles. The van der Waals surface area contributed by atoms with Crippen molar-refractivity contribution in [2.75, 3.05) is 6.61 Å². The fraction of sp³-hybridized carbons (Fsp3) is 0.750. The van der Waals surface area contributed by atoms with Gasteiger partial charge in [-0.05, 0) is 25.7 Å². The second-order valence-corrected chi connectivity index (χ2v) is 5.75. The minimum atomic E-state index is -0.369. The third kappa shape index (κ3) is 3.68. The van der Waals surface area contributed by atoms with Crippen molar-refractivity contribution >= 4 is 0 Å². The first-order valence-corrected chi connectivity index (χ1v) is 7.42. The minimum Gasteiger partial charge on any atom is -0.393 e. The standard InChI is InChI=1S/C16H26O3/c1-3-8-14(17)11-13(4-2)15-12-18-16(19-15)9-6-5-7-10-16/h3-4,13-15,17H,1-2,5-12H2/t13-,14?,15-/m1/s1. The van der Waals surface area contributed by atoms with Crippen LogP contribution in [0.25, 0.3) is 0 Å². The maximum absolute atomic E-state index is 9.90. The van der Waals surface area contributed by atoms with E-state index in [9.17, 15) is 5.11 Å². The monoisotopic (exact) mass is 266 g/mol. The summed E-state index contributed by atoms with van der Waals surface area (Å²) in [6.07, 6.45) is 10.2. The molecule has 3 nitrogen and oxygen atoms in total. The van der Waals surface area contributed by atoms with Gasteiger partial charge >= 0.3 is 0 Å². The van der Waals surface area contributed by atoms with Gasteiger partial charge in [0.25, 0.3) is 0 Å².